The van der Waals surface area contributed by atoms with Gasteiger partial charge in [-0.15, -0.1) is 12.4 Å². The van der Waals surface area contributed by atoms with Crippen molar-refractivity contribution in [2.75, 3.05) is 32.8 Å². The first-order valence-electron chi connectivity index (χ1n) is 6.08. The number of hydrogen-bond acceptors (Lipinski definition) is 3. The first kappa shape index (κ1) is 15.8. The monoisotopic (exact) mass is 334 g/mol. The standard InChI is InChI=1S/C13H19BrN2O.ClH/c14-12-2-1-3-13(8-12)17-7-6-16-5-4-11(9-15)10-16;/h1-3,8,11H,4-7,9-10,15H2;1H. The van der Waals surface area contributed by atoms with Gasteiger partial charge in [-0.25, -0.2) is 0 Å². The van der Waals surface area contributed by atoms with Crippen LogP contribution in [-0.2, 0) is 0 Å². The lowest BCUT2D eigenvalue weighted by molar-refractivity contribution is 0.233. The molecule has 1 aliphatic heterocycles. The minimum absolute atomic E-state index is 0. The summed E-state index contributed by atoms with van der Waals surface area (Å²) in [6.45, 7) is 4.82. The highest BCUT2D eigenvalue weighted by atomic mass is 79.9. The van der Waals surface area contributed by atoms with Crippen molar-refractivity contribution < 1.29 is 4.74 Å². The van der Waals surface area contributed by atoms with Crippen LogP contribution in [0.25, 0.3) is 0 Å². The maximum atomic E-state index is 5.71. The number of nitrogens with zero attached hydrogens (tertiary/aromatic N) is 1. The summed E-state index contributed by atoms with van der Waals surface area (Å²) in [5.74, 6) is 1.61. The van der Waals surface area contributed by atoms with E-state index in [1.165, 1.54) is 6.42 Å². The topological polar surface area (TPSA) is 38.5 Å². The Labute approximate surface area is 123 Å². The third-order valence-corrected chi connectivity index (χ3v) is 3.67. The van der Waals surface area contributed by atoms with E-state index in [-0.39, 0.29) is 12.4 Å². The molecule has 1 aromatic rings. The van der Waals surface area contributed by atoms with Crippen molar-refractivity contribution in [1.82, 2.24) is 4.90 Å². The Hall–Kier alpha value is -0.290. The lowest BCUT2D eigenvalue weighted by Gasteiger charge is -2.16. The maximum Gasteiger partial charge on any atom is 0.120 e. The minimum atomic E-state index is 0. The highest BCUT2D eigenvalue weighted by Crippen LogP contribution is 2.18. The summed E-state index contributed by atoms with van der Waals surface area (Å²) in [4.78, 5) is 2.43. The van der Waals surface area contributed by atoms with Crippen LogP contribution in [0, 0.1) is 5.92 Å². The number of hydrogen-bond donors (Lipinski definition) is 1. The Balaban J connectivity index is 0.00000162. The van der Waals surface area contributed by atoms with Gasteiger partial charge in [0.2, 0.25) is 0 Å². The molecule has 0 saturated carbocycles. The molecule has 1 aromatic carbocycles. The van der Waals surface area contributed by atoms with Crippen molar-refractivity contribution in [2.45, 2.75) is 6.42 Å². The lowest BCUT2D eigenvalue weighted by Crippen LogP contribution is -2.27. The normalized spacial score (nSPS) is 19.6. The summed E-state index contributed by atoms with van der Waals surface area (Å²) in [6, 6.07) is 7.96. The zero-order chi connectivity index (χ0) is 12.1. The van der Waals surface area contributed by atoms with Gasteiger partial charge >= 0.3 is 0 Å². The zero-order valence-electron chi connectivity index (χ0n) is 10.3. The van der Waals surface area contributed by atoms with Gasteiger partial charge in [-0.05, 0) is 43.6 Å². The second kappa shape index (κ2) is 8.00. The molecule has 0 spiro atoms. The van der Waals surface area contributed by atoms with Gasteiger partial charge in [-0.2, -0.15) is 0 Å². The van der Waals surface area contributed by atoms with E-state index in [4.69, 9.17) is 10.5 Å². The van der Waals surface area contributed by atoms with Crippen LogP contribution in [0.3, 0.4) is 0 Å². The molecule has 0 bridgehead atoms. The predicted molar refractivity (Wildman–Crippen MR) is 80.5 cm³/mol. The summed E-state index contributed by atoms with van der Waals surface area (Å²) in [5, 5.41) is 0. The van der Waals surface area contributed by atoms with Gasteiger partial charge in [0.1, 0.15) is 12.4 Å². The molecular formula is C13H20BrClN2O. The Morgan fingerprint density at radius 2 is 2.28 bits per heavy atom. The average Bonchev–Trinajstić information content (AvgIpc) is 2.77. The smallest absolute Gasteiger partial charge is 0.120 e. The van der Waals surface area contributed by atoms with Crippen LogP contribution in [0.5, 0.6) is 5.75 Å². The van der Waals surface area contributed by atoms with E-state index in [1.807, 2.05) is 24.3 Å². The van der Waals surface area contributed by atoms with Crippen LogP contribution in [0.1, 0.15) is 6.42 Å². The summed E-state index contributed by atoms with van der Waals surface area (Å²) in [5.41, 5.74) is 5.67. The molecule has 3 nitrogen and oxygen atoms in total. The molecule has 1 saturated heterocycles. The van der Waals surface area contributed by atoms with E-state index in [0.29, 0.717) is 5.92 Å². The first-order chi connectivity index (χ1) is 8.28. The second-order valence-corrected chi connectivity index (χ2v) is 5.41. The maximum absolute atomic E-state index is 5.71. The fourth-order valence-corrected chi connectivity index (χ4v) is 2.54. The molecule has 1 fully saturated rings. The molecule has 18 heavy (non-hydrogen) atoms. The Morgan fingerprint density at radius 3 is 2.94 bits per heavy atom. The van der Waals surface area contributed by atoms with Gasteiger partial charge in [0, 0.05) is 17.6 Å². The summed E-state index contributed by atoms with van der Waals surface area (Å²) in [6.07, 6.45) is 1.23. The van der Waals surface area contributed by atoms with Crippen molar-refractivity contribution in [2.24, 2.45) is 11.7 Å². The van der Waals surface area contributed by atoms with E-state index in [0.717, 1.165) is 43.0 Å². The van der Waals surface area contributed by atoms with Crippen molar-refractivity contribution in [3.05, 3.63) is 28.7 Å². The van der Waals surface area contributed by atoms with Crippen molar-refractivity contribution in [1.29, 1.82) is 0 Å². The summed E-state index contributed by atoms with van der Waals surface area (Å²) >= 11 is 3.43. The second-order valence-electron chi connectivity index (χ2n) is 4.50. The highest BCUT2D eigenvalue weighted by Gasteiger charge is 2.20. The van der Waals surface area contributed by atoms with Crippen LogP contribution in [0.2, 0.25) is 0 Å². The molecule has 5 heteroatoms. The fraction of sp³-hybridized carbons (Fsp3) is 0.538. The number of halogens is 2. The van der Waals surface area contributed by atoms with E-state index in [1.54, 1.807) is 0 Å². The van der Waals surface area contributed by atoms with Crippen LogP contribution in [0.15, 0.2) is 28.7 Å². The quantitative estimate of drug-likeness (QED) is 0.898. The van der Waals surface area contributed by atoms with E-state index >= 15 is 0 Å². The van der Waals surface area contributed by atoms with Gasteiger partial charge in [0.25, 0.3) is 0 Å². The molecule has 1 unspecified atom stereocenters. The number of benzene rings is 1. The van der Waals surface area contributed by atoms with Crippen molar-refractivity contribution >= 4 is 28.3 Å². The van der Waals surface area contributed by atoms with Crippen molar-refractivity contribution in [3.8, 4) is 5.75 Å². The van der Waals surface area contributed by atoms with Gasteiger partial charge in [-0.3, -0.25) is 4.90 Å². The molecule has 0 amide bonds. The third kappa shape index (κ3) is 4.76. The van der Waals surface area contributed by atoms with Crippen LogP contribution in [-0.4, -0.2) is 37.7 Å². The highest BCUT2D eigenvalue weighted by molar-refractivity contribution is 9.10. The van der Waals surface area contributed by atoms with Gasteiger partial charge in [0.05, 0.1) is 0 Å². The molecule has 2 rings (SSSR count). The number of rotatable bonds is 5. The van der Waals surface area contributed by atoms with E-state index in [9.17, 15) is 0 Å². The Kier molecular flexibility index (Phi) is 7.00. The SMILES string of the molecule is Cl.NCC1CCN(CCOc2cccc(Br)c2)C1. The summed E-state index contributed by atoms with van der Waals surface area (Å²) in [7, 11) is 0. The van der Waals surface area contributed by atoms with E-state index in [2.05, 4.69) is 20.8 Å². The minimum Gasteiger partial charge on any atom is -0.492 e. The molecule has 1 atom stereocenters. The van der Waals surface area contributed by atoms with E-state index < -0.39 is 0 Å². The van der Waals surface area contributed by atoms with Crippen LogP contribution < -0.4 is 10.5 Å². The molecule has 2 N–H and O–H groups in total. The first-order valence-corrected chi connectivity index (χ1v) is 6.88. The van der Waals surface area contributed by atoms with Gasteiger partial charge in [-0.1, -0.05) is 22.0 Å². The number of likely N-dealkylation sites (tertiary alicyclic amines) is 1. The molecule has 0 aliphatic carbocycles. The van der Waals surface area contributed by atoms with Crippen LogP contribution >= 0.6 is 28.3 Å². The average molecular weight is 336 g/mol. The molecule has 0 radical (unpaired) electrons. The predicted octanol–water partition coefficient (Wildman–Crippen LogP) is 2.53. The molecular weight excluding hydrogens is 316 g/mol. The third-order valence-electron chi connectivity index (χ3n) is 3.18. The number of nitrogens with two attached hydrogens (primary N) is 1. The molecule has 0 aromatic heterocycles. The Morgan fingerprint density at radius 1 is 1.44 bits per heavy atom. The number of ether oxygens (including phenoxy) is 1. The zero-order valence-corrected chi connectivity index (χ0v) is 12.8. The summed E-state index contributed by atoms with van der Waals surface area (Å²) < 4.78 is 6.77. The molecule has 1 heterocycles. The Bertz CT molecular complexity index is 365. The van der Waals surface area contributed by atoms with Crippen molar-refractivity contribution in [3.63, 3.8) is 0 Å². The molecule has 102 valence electrons. The van der Waals surface area contributed by atoms with Gasteiger partial charge in [0.15, 0.2) is 0 Å². The largest absolute Gasteiger partial charge is 0.492 e. The lowest BCUT2D eigenvalue weighted by atomic mass is 10.1. The van der Waals surface area contributed by atoms with Crippen LogP contribution in [0.4, 0.5) is 0 Å². The molecule has 1 aliphatic rings. The van der Waals surface area contributed by atoms with Gasteiger partial charge < -0.3 is 10.5 Å². The fourth-order valence-electron chi connectivity index (χ4n) is 2.16.